The van der Waals surface area contributed by atoms with Crippen LogP contribution in [0, 0.1) is 11.6 Å². The van der Waals surface area contributed by atoms with Crippen molar-refractivity contribution in [1.82, 2.24) is 0 Å². The van der Waals surface area contributed by atoms with Gasteiger partial charge in [0.2, 0.25) is 0 Å². The topological polar surface area (TPSA) is 84.2 Å². The highest BCUT2D eigenvalue weighted by atomic mass is 19.2. The quantitative estimate of drug-likeness (QED) is 0.812. The molecule has 3 amide bonds. The molecule has 0 aliphatic rings. The number of carbonyl (C=O) groups excluding carboxylic acids is 2. The molecule has 0 atom stereocenters. The predicted molar refractivity (Wildman–Crippen MR) is 74.0 cm³/mol. The van der Waals surface area contributed by atoms with Gasteiger partial charge in [-0.1, -0.05) is 12.1 Å². The average molecular weight is 291 g/mol. The molecule has 0 heterocycles. The van der Waals surface area contributed by atoms with Crippen LogP contribution in [-0.4, -0.2) is 11.9 Å². The Balaban J connectivity index is 2.20. The summed E-state index contributed by atoms with van der Waals surface area (Å²) < 4.78 is 26.6. The second-order valence-electron chi connectivity index (χ2n) is 4.13. The first-order valence-electron chi connectivity index (χ1n) is 5.89. The van der Waals surface area contributed by atoms with Crippen molar-refractivity contribution in [1.29, 1.82) is 0 Å². The van der Waals surface area contributed by atoms with Crippen molar-refractivity contribution >= 4 is 23.3 Å². The number of benzene rings is 2. The van der Waals surface area contributed by atoms with Gasteiger partial charge in [-0.05, 0) is 30.3 Å². The van der Waals surface area contributed by atoms with E-state index in [-0.39, 0.29) is 0 Å². The summed E-state index contributed by atoms with van der Waals surface area (Å²) in [6.07, 6.45) is 0. The Morgan fingerprint density at radius 1 is 0.952 bits per heavy atom. The van der Waals surface area contributed by atoms with E-state index in [4.69, 9.17) is 5.73 Å². The van der Waals surface area contributed by atoms with Crippen LogP contribution in [0.4, 0.5) is 25.0 Å². The number of rotatable bonds is 3. The fourth-order valence-corrected chi connectivity index (χ4v) is 1.69. The number of carbonyl (C=O) groups is 2. The maximum Gasteiger partial charge on any atom is 0.316 e. The molecule has 0 aromatic heterocycles. The normalized spacial score (nSPS) is 10.0. The zero-order chi connectivity index (χ0) is 15.4. The molecule has 21 heavy (non-hydrogen) atoms. The molecule has 7 heteroatoms. The van der Waals surface area contributed by atoms with Crippen molar-refractivity contribution in [3.63, 3.8) is 0 Å². The molecule has 2 rings (SSSR count). The number of hydrogen-bond donors (Lipinski definition) is 3. The monoisotopic (exact) mass is 291 g/mol. The van der Waals surface area contributed by atoms with E-state index in [1.54, 1.807) is 12.1 Å². The molecule has 2 aromatic carbocycles. The summed E-state index contributed by atoms with van der Waals surface area (Å²) in [5.41, 5.74) is 5.22. The molecule has 108 valence electrons. The Morgan fingerprint density at radius 3 is 2.24 bits per heavy atom. The van der Waals surface area contributed by atoms with Crippen molar-refractivity contribution in [2.24, 2.45) is 5.73 Å². The van der Waals surface area contributed by atoms with Crippen molar-refractivity contribution in [2.45, 2.75) is 0 Å². The van der Waals surface area contributed by atoms with Crippen LogP contribution in [0.1, 0.15) is 10.4 Å². The molecule has 0 aliphatic heterocycles. The molecule has 0 bridgehead atoms. The van der Waals surface area contributed by atoms with Crippen molar-refractivity contribution in [2.75, 3.05) is 10.6 Å². The number of hydrogen-bond acceptors (Lipinski definition) is 2. The zero-order valence-corrected chi connectivity index (χ0v) is 10.7. The molecule has 0 saturated carbocycles. The van der Waals surface area contributed by atoms with Gasteiger partial charge in [-0.2, -0.15) is 0 Å². The average Bonchev–Trinajstić information content (AvgIpc) is 2.41. The fraction of sp³-hybridized carbons (Fsp3) is 0. The Labute approximate surface area is 118 Å². The van der Waals surface area contributed by atoms with Gasteiger partial charge in [-0.15, -0.1) is 0 Å². The molecule has 5 nitrogen and oxygen atoms in total. The van der Waals surface area contributed by atoms with Crippen LogP contribution in [0.3, 0.4) is 0 Å². The summed E-state index contributed by atoms with van der Waals surface area (Å²) in [4.78, 5) is 22.6. The number of primary amides is 1. The van der Waals surface area contributed by atoms with Gasteiger partial charge in [-0.3, -0.25) is 4.79 Å². The van der Waals surface area contributed by atoms with E-state index < -0.39 is 29.1 Å². The van der Waals surface area contributed by atoms with Crippen molar-refractivity contribution < 1.29 is 18.4 Å². The highest BCUT2D eigenvalue weighted by molar-refractivity contribution is 6.04. The number of nitrogens with two attached hydrogens (primary N) is 1. The highest BCUT2D eigenvalue weighted by Crippen LogP contribution is 2.17. The lowest BCUT2D eigenvalue weighted by Gasteiger charge is -2.08. The van der Waals surface area contributed by atoms with E-state index in [0.29, 0.717) is 11.4 Å². The summed E-state index contributed by atoms with van der Waals surface area (Å²) in [6.45, 7) is 0. The number of anilines is 2. The molecule has 0 saturated heterocycles. The summed E-state index contributed by atoms with van der Waals surface area (Å²) in [7, 11) is 0. The van der Waals surface area contributed by atoms with Crippen LogP contribution in [0.5, 0.6) is 0 Å². The minimum atomic E-state index is -1.22. The lowest BCUT2D eigenvalue weighted by atomic mass is 10.2. The second-order valence-corrected chi connectivity index (χ2v) is 4.13. The Morgan fingerprint density at radius 2 is 1.57 bits per heavy atom. The fourth-order valence-electron chi connectivity index (χ4n) is 1.69. The van der Waals surface area contributed by atoms with E-state index in [9.17, 15) is 18.4 Å². The van der Waals surface area contributed by atoms with Crippen LogP contribution in [0.15, 0.2) is 42.5 Å². The third kappa shape index (κ3) is 3.53. The molecule has 0 fully saturated rings. The highest BCUT2D eigenvalue weighted by Gasteiger charge is 2.15. The molecule has 0 radical (unpaired) electrons. The first kappa shape index (κ1) is 14.4. The smallest absolute Gasteiger partial charge is 0.316 e. The number of urea groups is 1. The minimum Gasteiger partial charge on any atom is -0.351 e. The van der Waals surface area contributed by atoms with Crippen molar-refractivity contribution in [3.8, 4) is 0 Å². The zero-order valence-electron chi connectivity index (χ0n) is 10.7. The summed E-state index contributed by atoms with van der Waals surface area (Å²) >= 11 is 0. The van der Waals surface area contributed by atoms with E-state index in [2.05, 4.69) is 10.6 Å². The Kier molecular flexibility index (Phi) is 4.13. The first-order valence-corrected chi connectivity index (χ1v) is 5.89. The summed E-state index contributed by atoms with van der Waals surface area (Å²) in [5.74, 6) is -3.13. The predicted octanol–water partition coefficient (Wildman–Crippen LogP) is 2.71. The van der Waals surface area contributed by atoms with Gasteiger partial charge in [0.15, 0.2) is 11.6 Å². The minimum absolute atomic E-state index is 0.301. The molecule has 4 N–H and O–H groups in total. The van der Waals surface area contributed by atoms with Gasteiger partial charge in [-0.25, -0.2) is 13.6 Å². The molecule has 2 aromatic rings. The molecule has 0 unspecified atom stereocenters. The largest absolute Gasteiger partial charge is 0.351 e. The van der Waals surface area contributed by atoms with Crippen LogP contribution >= 0.6 is 0 Å². The Bertz CT molecular complexity index is 704. The van der Waals surface area contributed by atoms with Crippen molar-refractivity contribution in [3.05, 3.63) is 59.7 Å². The molecular formula is C14H11F2N3O2. The molecule has 0 spiro atoms. The van der Waals surface area contributed by atoms with Gasteiger partial charge in [0.1, 0.15) is 0 Å². The molecule has 0 aliphatic carbocycles. The van der Waals surface area contributed by atoms with E-state index >= 15 is 0 Å². The van der Waals surface area contributed by atoms with Gasteiger partial charge < -0.3 is 16.4 Å². The lowest BCUT2D eigenvalue weighted by molar-refractivity contribution is 0.102. The maximum absolute atomic E-state index is 13.5. The van der Waals surface area contributed by atoms with Crippen LogP contribution in [-0.2, 0) is 0 Å². The van der Waals surface area contributed by atoms with E-state index in [1.807, 2.05) is 0 Å². The van der Waals surface area contributed by atoms with Gasteiger partial charge in [0, 0.05) is 11.4 Å². The summed E-state index contributed by atoms with van der Waals surface area (Å²) in [6, 6.07) is 8.64. The van der Waals surface area contributed by atoms with Gasteiger partial charge in [0.05, 0.1) is 5.56 Å². The number of amides is 3. The second kappa shape index (κ2) is 6.00. The number of halogens is 2. The standard InChI is InChI=1S/C14H11F2N3O2/c15-11-6-2-5-10(12(11)16)13(20)18-8-3-1-4-9(7-8)19-14(17)21/h1-7H,(H,18,20)(H3,17,19,21). The third-order valence-electron chi connectivity index (χ3n) is 2.58. The first-order chi connectivity index (χ1) is 9.97. The van der Waals surface area contributed by atoms with Crippen LogP contribution < -0.4 is 16.4 Å². The van der Waals surface area contributed by atoms with Gasteiger partial charge in [0.25, 0.3) is 5.91 Å². The van der Waals surface area contributed by atoms with Crippen LogP contribution in [0.25, 0.3) is 0 Å². The summed E-state index contributed by atoms with van der Waals surface area (Å²) in [5, 5.41) is 4.73. The third-order valence-corrected chi connectivity index (χ3v) is 2.58. The Hall–Kier alpha value is -2.96. The van der Waals surface area contributed by atoms with Gasteiger partial charge >= 0.3 is 6.03 Å². The van der Waals surface area contributed by atoms with Crippen LogP contribution in [0.2, 0.25) is 0 Å². The lowest BCUT2D eigenvalue weighted by Crippen LogP contribution is -2.19. The molecular weight excluding hydrogens is 280 g/mol. The number of nitrogens with one attached hydrogen (secondary N) is 2. The maximum atomic E-state index is 13.5. The van der Waals surface area contributed by atoms with E-state index in [0.717, 1.165) is 6.07 Å². The SMILES string of the molecule is NC(=O)Nc1cccc(NC(=O)c2cccc(F)c2F)c1. The van der Waals surface area contributed by atoms with E-state index in [1.165, 1.54) is 24.3 Å².